The van der Waals surface area contributed by atoms with Gasteiger partial charge in [-0.15, -0.1) is 0 Å². The van der Waals surface area contributed by atoms with E-state index in [0.29, 0.717) is 5.92 Å². The van der Waals surface area contributed by atoms with Crippen LogP contribution < -0.4 is 5.32 Å². The molecule has 19 heavy (non-hydrogen) atoms. The molecule has 0 spiro atoms. The predicted octanol–water partition coefficient (Wildman–Crippen LogP) is 2.26. The molecule has 3 nitrogen and oxygen atoms in total. The summed E-state index contributed by atoms with van der Waals surface area (Å²) >= 11 is 0. The Bertz CT molecular complexity index is 365. The first-order chi connectivity index (χ1) is 9.42. The van der Waals surface area contributed by atoms with E-state index in [0.717, 1.165) is 5.92 Å². The molecule has 2 aliphatic heterocycles. The van der Waals surface area contributed by atoms with Crippen LogP contribution in [0.5, 0.6) is 0 Å². The molecule has 1 aromatic heterocycles. The SMILES string of the molecule is c1ccc(C2CCN(CC3CCNCC3)CC2)nc1. The van der Waals surface area contributed by atoms with Gasteiger partial charge in [0.25, 0.3) is 0 Å². The Hall–Kier alpha value is -0.930. The van der Waals surface area contributed by atoms with E-state index in [4.69, 9.17) is 0 Å². The van der Waals surface area contributed by atoms with Crippen molar-refractivity contribution in [3.63, 3.8) is 0 Å². The summed E-state index contributed by atoms with van der Waals surface area (Å²) in [7, 11) is 0. The first-order valence-electron chi connectivity index (χ1n) is 7.76. The van der Waals surface area contributed by atoms with E-state index in [1.165, 1.54) is 64.1 Å². The lowest BCUT2D eigenvalue weighted by Gasteiger charge is -2.35. The van der Waals surface area contributed by atoms with Crippen molar-refractivity contribution in [3.8, 4) is 0 Å². The topological polar surface area (TPSA) is 28.2 Å². The fraction of sp³-hybridized carbons (Fsp3) is 0.688. The van der Waals surface area contributed by atoms with E-state index in [1.807, 2.05) is 12.3 Å². The third-order valence-corrected chi connectivity index (χ3v) is 4.67. The second-order valence-corrected chi connectivity index (χ2v) is 6.02. The fourth-order valence-electron chi connectivity index (χ4n) is 3.46. The summed E-state index contributed by atoms with van der Waals surface area (Å²) in [6.07, 6.45) is 7.21. The van der Waals surface area contributed by atoms with Gasteiger partial charge in [0.15, 0.2) is 0 Å². The number of hydrogen-bond acceptors (Lipinski definition) is 3. The summed E-state index contributed by atoms with van der Waals surface area (Å²) in [4.78, 5) is 7.19. The lowest BCUT2D eigenvalue weighted by atomic mass is 9.91. The minimum absolute atomic E-state index is 0.686. The van der Waals surface area contributed by atoms with Crippen molar-refractivity contribution >= 4 is 0 Å². The average Bonchev–Trinajstić information content (AvgIpc) is 2.50. The average molecular weight is 259 g/mol. The second-order valence-electron chi connectivity index (χ2n) is 6.02. The monoisotopic (exact) mass is 259 g/mol. The van der Waals surface area contributed by atoms with Gasteiger partial charge in [-0.2, -0.15) is 0 Å². The lowest BCUT2D eigenvalue weighted by Crippen LogP contribution is -2.39. The van der Waals surface area contributed by atoms with Crippen LogP contribution >= 0.6 is 0 Å². The molecular weight excluding hydrogens is 234 g/mol. The van der Waals surface area contributed by atoms with Gasteiger partial charge in [0, 0.05) is 24.4 Å². The first-order valence-corrected chi connectivity index (χ1v) is 7.76. The van der Waals surface area contributed by atoms with Crippen LogP contribution in [-0.2, 0) is 0 Å². The van der Waals surface area contributed by atoms with Crippen molar-refractivity contribution in [1.29, 1.82) is 0 Å². The van der Waals surface area contributed by atoms with E-state index in [9.17, 15) is 0 Å². The molecule has 0 aliphatic carbocycles. The summed E-state index contributed by atoms with van der Waals surface area (Å²) in [6.45, 7) is 6.26. The van der Waals surface area contributed by atoms with Gasteiger partial charge in [-0.25, -0.2) is 0 Å². The van der Waals surface area contributed by atoms with Gasteiger partial charge < -0.3 is 10.2 Å². The highest BCUT2D eigenvalue weighted by Crippen LogP contribution is 2.27. The molecule has 3 heteroatoms. The Balaban J connectivity index is 1.46. The van der Waals surface area contributed by atoms with Crippen LogP contribution in [0.25, 0.3) is 0 Å². The lowest BCUT2D eigenvalue weighted by molar-refractivity contribution is 0.166. The number of likely N-dealkylation sites (tertiary alicyclic amines) is 1. The van der Waals surface area contributed by atoms with Crippen molar-refractivity contribution in [2.24, 2.45) is 5.92 Å². The molecule has 2 saturated heterocycles. The normalized spacial score (nSPS) is 23.6. The number of aromatic nitrogens is 1. The molecule has 1 aromatic rings. The quantitative estimate of drug-likeness (QED) is 0.902. The molecule has 3 rings (SSSR count). The maximum absolute atomic E-state index is 4.52. The van der Waals surface area contributed by atoms with Crippen molar-refractivity contribution in [3.05, 3.63) is 30.1 Å². The maximum atomic E-state index is 4.52. The number of nitrogens with one attached hydrogen (secondary N) is 1. The minimum atomic E-state index is 0.686. The van der Waals surface area contributed by atoms with E-state index in [2.05, 4.69) is 27.3 Å². The summed E-state index contributed by atoms with van der Waals surface area (Å²) in [5, 5.41) is 3.45. The van der Waals surface area contributed by atoms with Gasteiger partial charge in [-0.3, -0.25) is 4.98 Å². The smallest absolute Gasteiger partial charge is 0.0435 e. The zero-order chi connectivity index (χ0) is 12.9. The summed E-state index contributed by atoms with van der Waals surface area (Å²) in [5.74, 6) is 1.61. The van der Waals surface area contributed by atoms with Gasteiger partial charge in [-0.1, -0.05) is 6.07 Å². The number of nitrogens with zero attached hydrogens (tertiary/aromatic N) is 2. The van der Waals surface area contributed by atoms with E-state index >= 15 is 0 Å². The molecule has 0 aromatic carbocycles. The summed E-state index contributed by atoms with van der Waals surface area (Å²) < 4.78 is 0. The molecule has 0 radical (unpaired) electrons. The third-order valence-electron chi connectivity index (χ3n) is 4.67. The predicted molar refractivity (Wildman–Crippen MR) is 78.2 cm³/mol. The summed E-state index contributed by atoms with van der Waals surface area (Å²) in [5.41, 5.74) is 1.30. The molecule has 0 saturated carbocycles. The van der Waals surface area contributed by atoms with Gasteiger partial charge in [-0.05, 0) is 69.9 Å². The van der Waals surface area contributed by atoms with Gasteiger partial charge in [0.2, 0.25) is 0 Å². The molecule has 0 unspecified atom stereocenters. The Morgan fingerprint density at radius 1 is 1.11 bits per heavy atom. The van der Waals surface area contributed by atoms with Crippen molar-refractivity contribution in [1.82, 2.24) is 15.2 Å². The number of piperidine rings is 2. The van der Waals surface area contributed by atoms with Crippen molar-refractivity contribution < 1.29 is 0 Å². The van der Waals surface area contributed by atoms with Crippen LogP contribution in [0.3, 0.4) is 0 Å². The highest BCUT2D eigenvalue weighted by atomic mass is 15.1. The van der Waals surface area contributed by atoms with Crippen LogP contribution in [0, 0.1) is 5.92 Å². The van der Waals surface area contributed by atoms with Crippen LogP contribution in [0.15, 0.2) is 24.4 Å². The Morgan fingerprint density at radius 2 is 1.89 bits per heavy atom. The molecule has 3 heterocycles. The van der Waals surface area contributed by atoms with E-state index in [1.54, 1.807) is 0 Å². The molecule has 0 atom stereocenters. The van der Waals surface area contributed by atoms with Gasteiger partial charge in [0.05, 0.1) is 0 Å². The van der Waals surface area contributed by atoms with Gasteiger partial charge in [0.1, 0.15) is 0 Å². The first kappa shape index (κ1) is 13.1. The van der Waals surface area contributed by atoms with Crippen LogP contribution in [0.1, 0.15) is 37.3 Å². The summed E-state index contributed by atoms with van der Waals surface area (Å²) in [6, 6.07) is 6.31. The molecular formula is C16H25N3. The molecule has 1 N–H and O–H groups in total. The van der Waals surface area contributed by atoms with E-state index in [-0.39, 0.29) is 0 Å². The van der Waals surface area contributed by atoms with Crippen LogP contribution in [-0.4, -0.2) is 42.6 Å². The number of hydrogen-bond donors (Lipinski definition) is 1. The zero-order valence-electron chi connectivity index (χ0n) is 11.7. The van der Waals surface area contributed by atoms with E-state index < -0.39 is 0 Å². The fourth-order valence-corrected chi connectivity index (χ4v) is 3.46. The zero-order valence-corrected chi connectivity index (χ0v) is 11.7. The molecule has 0 amide bonds. The molecule has 2 aliphatic rings. The van der Waals surface area contributed by atoms with Crippen LogP contribution in [0.4, 0.5) is 0 Å². The maximum Gasteiger partial charge on any atom is 0.0435 e. The van der Waals surface area contributed by atoms with Crippen molar-refractivity contribution in [2.75, 3.05) is 32.7 Å². The number of pyridine rings is 1. The molecule has 0 bridgehead atoms. The largest absolute Gasteiger partial charge is 0.317 e. The minimum Gasteiger partial charge on any atom is -0.317 e. The third kappa shape index (κ3) is 3.54. The van der Waals surface area contributed by atoms with Crippen LogP contribution in [0.2, 0.25) is 0 Å². The standard InChI is InChI=1S/C16H25N3/c1-2-8-18-16(3-1)15-6-11-19(12-7-15)13-14-4-9-17-10-5-14/h1-3,8,14-15,17H,4-7,9-13H2. The number of rotatable bonds is 3. The Labute approximate surface area is 116 Å². The van der Waals surface area contributed by atoms with Crippen molar-refractivity contribution in [2.45, 2.75) is 31.6 Å². The molecule has 2 fully saturated rings. The Morgan fingerprint density at radius 3 is 2.58 bits per heavy atom. The highest BCUT2D eigenvalue weighted by Gasteiger charge is 2.23. The Kier molecular flexibility index (Phi) is 4.46. The second kappa shape index (κ2) is 6.49. The van der Waals surface area contributed by atoms with Gasteiger partial charge >= 0.3 is 0 Å². The molecule has 104 valence electrons. The highest BCUT2D eigenvalue weighted by molar-refractivity contribution is 5.10.